The first-order chi connectivity index (χ1) is 25.9. The van der Waals surface area contributed by atoms with E-state index < -0.39 is 63.7 Å². The summed E-state index contributed by atoms with van der Waals surface area (Å²) >= 11 is 0. The molecule has 54 heavy (non-hydrogen) atoms. The first kappa shape index (κ1) is 49.9. The molecule has 5 N–H and O–H groups in total. The number of rotatable bonds is 32. The Bertz CT molecular complexity index is 1130. The Morgan fingerprint density at radius 2 is 1.39 bits per heavy atom. The smallest absolute Gasteiger partial charge is 0.462 e. The van der Waals surface area contributed by atoms with E-state index in [1.165, 1.54) is 19.3 Å². The zero-order chi connectivity index (χ0) is 39.9. The molecule has 0 aliphatic carbocycles. The Morgan fingerprint density at radius 3 is 2.09 bits per heavy atom. The molecule has 1 fully saturated rings. The molecule has 1 unspecified atom stereocenters. The summed E-state index contributed by atoms with van der Waals surface area (Å²) < 4.78 is 32.0. The highest BCUT2D eigenvalue weighted by Gasteiger charge is 2.35. The van der Waals surface area contributed by atoms with Crippen LogP contribution in [0.1, 0.15) is 149 Å². The van der Waals surface area contributed by atoms with Crippen LogP contribution in [0.15, 0.2) is 48.6 Å². The molecule has 312 valence electrons. The fourth-order valence-corrected chi connectivity index (χ4v) is 6.33. The van der Waals surface area contributed by atoms with Crippen molar-refractivity contribution >= 4 is 19.8 Å². The SMILES string of the molecule is CCCCC/C=C\C/C=C\CCCCCCCC(=O)O[C@H](COC(=O)CCC/C=C\C[C@H]1[C@@H](O)CC(O)O[C@@H]1/C=C/[C@@H](O)CCCCC)COP(=O)(O)O. The van der Waals surface area contributed by atoms with E-state index in [1.807, 2.05) is 12.2 Å². The number of unbranched alkanes of at least 4 members (excludes halogenated alkanes) is 11. The Kier molecular flexibility index (Phi) is 29.5. The summed E-state index contributed by atoms with van der Waals surface area (Å²) in [6.07, 6.45) is 28.8. The van der Waals surface area contributed by atoms with Gasteiger partial charge in [-0.15, -0.1) is 0 Å². The highest BCUT2D eigenvalue weighted by molar-refractivity contribution is 7.46. The van der Waals surface area contributed by atoms with Crippen LogP contribution < -0.4 is 0 Å². The van der Waals surface area contributed by atoms with Gasteiger partial charge in [-0.3, -0.25) is 14.1 Å². The van der Waals surface area contributed by atoms with Crippen molar-refractivity contribution in [2.75, 3.05) is 13.2 Å². The molecule has 1 saturated heterocycles. The zero-order valence-electron chi connectivity index (χ0n) is 32.9. The van der Waals surface area contributed by atoms with Gasteiger partial charge < -0.3 is 39.3 Å². The molecular weight excluding hydrogens is 715 g/mol. The van der Waals surface area contributed by atoms with E-state index >= 15 is 0 Å². The molecule has 0 amide bonds. The molecule has 0 aromatic rings. The van der Waals surface area contributed by atoms with Gasteiger partial charge in [0.1, 0.15) is 6.61 Å². The molecule has 0 saturated carbocycles. The van der Waals surface area contributed by atoms with Crippen molar-refractivity contribution in [1.29, 1.82) is 0 Å². The van der Waals surface area contributed by atoms with Crippen LogP contribution in [-0.4, -0.2) is 81.0 Å². The maximum atomic E-state index is 12.4. The molecule has 6 atom stereocenters. The minimum Gasteiger partial charge on any atom is -0.462 e. The predicted molar refractivity (Wildman–Crippen MR) is 210 cm³/mol. The summed E-state index contributed by atoms with van der Waals surface area (Å²) in [5.41, 5.74) is 0. The standard InChI is InChI=1S/C41H71O12P/c1-3-5-7-8-9-10-11-12-13-14-15-16-17-18-24-28-40(45)52-35(33-51-54(47,48)49)32-50-39(44)27-23-20-19-22-26-36-37(43)31-41(46)53-38(36)30-29-34(42)25-21-6-4-2/h9-10,12-13,19,22,29-30,34-38,41-43,46H,3-8,11,14-18,20-21,23-28,31-33H2,1-2H3,(H2,47,48,49)/b10-9-,13-12-,22-19-,30-29+/t34-,35+,36-,37-,38+,41?/m0/s1. The van der Waals surface area contributed by atoms with Crippen LogP contribution in [0, 0.1) is 5.92 Å². The van der Waals surface area contributed by atoms with Crippen molar-refractivity contribution in [2.45, 2.75) is 179 Å². The monoisotopic (exact) mass is 786 g/mol. The summed E-state index contributed by atoms with van der Waals surface area (Å²) in [5, 5.41) is 30.8. The number of allylic oxidation sites excluding steroid dienone is 6. The van der Waals surface area contributed by atoms with Gasteiger partial charge in [0.25, 0.3) is 0 Å². The third-order valence-corrected chi connectivity index (χ3v) is 9.60. The third kappa shape index (κ3) is 28.3. The van der Waals surface area contributed by atoms with Crippen molar-refractivity contribution in [3.63, 3.8) is 0 Å². The van der Waals surface area contributed by atoms with Crippen molar-refractivity contribution in [3.8, 4) is 0 Å². The van der Waals surface area contributed by atoms with Gasteiger partial charge in [-0.05, 0) is 64.2 Å². The second kappa shape index (κ2) is 32.0. The third-order valence-electron chi connectivity index (χ3n) is 9.12. The van der Waals surface area contributed by atoms with E-state index in [4.69, 9.17) is 24.0 Å². The van der Waals surface area contributed by atoms with E-state index in [0.29, 0.717) is 32.1 Å². The average molecular weight is 787 g/mol. The zero-order valence-corrected chi connectivity index (χ0v) is 33.8. The van der Waals surface area contributed by atoms with Gasteiger partial charge in [0.2, 0.25) is 0 Å². The average Bonchev–Trinajstić information content (AvgIpc) is 3.12. The number of esters is 2. The van der Waals surface area contributed by atoms with Gasteiger partial charge in [0, 0.05) is 25.2 Å². The predicted octanol–water partition coefficient (Wildman–Crippen LogP) is 8.06. The van der Waals surface area contributed by atoms with Crippen LogP contribution in [0.4, 0.5) is 0 Å². The molecule has 1 aliphatic rings. The number of phosphoric acid groups is 1. The molecule has 0 aromatic carbocycles. The van der Waals surface area contributed by atoms with Crippen LogP contribution in [0.25, 0.3) is 0 Å². The van der Waals surface area contributed by atoms with Gasteiger partial charge in [-0.2, -0.15) is 0 Å². The molecule has 0 bridgehead atoms. The minimum absolute atomic E-state index is 0.0684. The Balaban J connectivity index is 2.36. The number of phosphoric ester groups is 1. The van der Waals surface area contributed by atoms with Crippen LogP contribution in [0.2, 0.25) is 0 Å². The summed E-state index contributed by atoms with van der Waals surface area (Å²) in [6, 6.07) is 0. The van der Waals surface area contributed by atoms with Crippen molar-refractivity contribution in [1.82, 2.24) is 0 Å². The lowest BCUT2D eigenvalue weighted by molar-refractivity contribution is -0.199. The normalized spacial score (nSPS) is 20.7. The fraction of sp³-hybridized carbons (Fsp3) is 0.756. The van der Waals surface area contributed by atoms with Gasteiger partial charge in [0.15, 0.2) is 12.4 Å². The topological polar surface area (TPSA) is 189 Å². The number of ether oxygens (including phenoxy) is 3. The van der Waals surface area contributed by atoms with Crippen LogP contribution >= 0.6 is 7.82 Å². The van der Waals surface area contributed by atoms with Crippen molar-refractivity contribution in [2.24, 2.45) is 5.92 Å². The maximum absolute atomic E-state index is 12.4. The van der Waals surface area contributed by atoms with E-state index in [-0.39, 0.29) is 25.2 Å². The number of hydrogen-bond acceptors (Lipinski definition) is 10. The first-order valence-electron chi connectivity index (χ1n) is 20.3. The van der Waals surface area contributed by atoms with Gasteiger partial charge in [-0.1, -0.05) is 114 Å². The number of aliphatic hydroxyl groups excluding tert-OH is 3. The highest BCUT2D eigenvalue weighted by atomic mass is 31.2. The minimum atomic E-state index is -4.83. The Hall–Kier alpha value is -2.15. The Morgan fingerprint density at radius 1 is 0.778 bits per heavy atom. The lowest BCUT2D eigenvalue weighted by Crippen LogP contribution is -2.43. The molecule has 0 radical (unpaired) electrons. The maximum Gasteiger partial charge on any atom is 0.469 e. The number of carbonyl (C=O) groups is 2. The molecule has 1 heterocycles. The van der Waals surface area contributed by atoms with E-state index in [0.717, 1.165) is 64.2 Å². The van der Waals surface area contributed by atoms with Gasteiger partial charge in [-0.25, -0.2) is 4.57 Å². The van der Waals surface area contributed by atoms with E-state index in [1.54, 1.807) is 12.2 Å². The summed E-state index contributed by atoms with van der Waals surface area (Å²) in [5.74, 6) is -1.41. The summed E-state index contributed by atoms with van der Waals surface area (Å²) in [6.45, 7) is 3.29. The largest absolute Gasteiger partial charge is 0.469 e. The Labute approximate surface area is 324 Å². The molecule has 0 aromatic heterocycles. The van der Waals surface area contributed by atoms with E-state index in [2.05, 4.69) is 42.7 Å². The number of hydrogen-bond donors (Lipinski definition) is 5. The second-order valence-electron chi connectivity index (χ2n) is 14.1. The number of aliphatic hydroxyl groups is 3. The fourth-order valence-electron chi connectivity index (χ4n) is 5.97. The lowest BCUT2D eigenvalue weighted by Gasteiger charge is -2.36. The molecule has 12 nitrogen and oxygen atoms in total. The van der Waals surface area contributed by atoms with Gasteiger partial charge >= 0.3 is 19.8 Å². The van der Waals surface area contributed by atoms with Crippen molar-refractivity contribution < 1.29 is 58.0 Å². The summed E-state index contributed by atoms with van der Waals surface area (Å²) in [7, 11) is -4.83. The lowest BCUT2D eigenvalue weighted by atomic mass is 9.87. The quantitative estimate of drug-likeness (QED) is 0.0191. The first-order valence-corrected chi connectivity index (χ1v) is 21.9. The van der Waals surface area contributed by atoms with Crippen LogP contribution in [-0.2, 0) is 32.9 Å². The highest BCUT2D eigenvalue weighted by Crippen LogP contribution is 2.36. The second-order valence-corrected chi connectivity index (χ2v) is 15.4. The van der Waals surface area contributed by atoms with Crippen molar-refractivity contribution in [3.05, 3.63) is 48.6 Å². The molecule has 0 spiro atoms. The molecule has 1 aliphatic heterocycles. The molecule has 1 rings (SSSR count). The van der Waals surface area contributed by atoms with Gasteiger partial charge in [0.05, 0.1) is 24.9 Å². The van der Waals surface area contributed by atoms with Crippen LogP contribution in [0.3, 0.4) is 0 Å². The summed E-state index contributed by atoms with van der Waals surface area (Å²) in [4.78, 5) is 43.0. The molecular formula is C41H71O12P. The van der Waals surface area contributed by atoms with Crippen LogP contribution in [0.5, 0.6) is 0 Å². The van der Waals surface area contributed by atoms with E-state index in [9.17, 15) is 29.5 Å². The molecule has 13 heteroatoms. The number of carbonyl (C=O) groups excluding carboxylic acids is 2.